The number of benzene rings is 1. The number of hydrogen-bond acceptors (Lipinski definition) is 4. The van der Waals surface area contributed by atoms with Gasteiger partial charge in [-0.05, 0) is 68.9 Å². The summed E-state index contributed by atoms with van der Waals surface area (Å²) in [6.07, 6.45) is 7.38. The lowest BCUT2D eigenvalue weighted by atomic mass is 9.96. The van der Waals surface area contributed by atoms with Crippen LogP contribution in [0.3, 0.4) is 0 Å². The molecule has 8 heteroatoms. The molecule has 0 spiro atoms. The number of carbonyl (C=O) groups excluding carboxylic acids is 1. The highest BCUT2D eigenvalue weighted by Gasteiger charge is 2.28. The van der Waals surface area contributed by atoms with Crippen molar-refractivity contribution in [3.05, 3.63) is 66.0 Å². The molecule has 4 heterocycles. The summed E-state index contributed by atoms with van der Waals surface area (Å²) in [4.78, 5) is 19.9. The monoisotopic (exact) mass is 506 g/mol. The predicted molar refractivity (Wildman–Crippen MR) is 140 cm³/mol. The number of hydrogen-bond donors (Lipinski definition) is 1. The number of halogens is 2. The second-order valence-corrected chi connectivity index (χ2v) is 9.96. The Kier molecular flexibility index (Phi) is 9.50. The van der Waals surface area contributed by atoms with Gasteiger partial charge in [-0.25, -0.2) is 4.98 Å². The van der Waals surface area contributed by atoms with E-state index in [1.807, 2.05) is 18.3 Å². The van der Waals surface area contributed by atoms with E-state index in [0.29, 0.717) is 5.92 Å². The summed E-state index contributed by atoms with van der Waals surface area (Å²) in [6.45, 7) is 4.27. The number of thioether (sulfide) groups is 1. The lowest BCUT2D eigenvalue weighted by Gasteiger charge is -2.32. The Morgan fingerprint density at radius 1 is 1.06 bits per heavy atom. The first-order valence-corrected chi connectivity index (χ1v) is 12.3. The molecule has 0 bridgehead atoms. The van der Waals surface area contributed by atoms with Crippen molar-refractivity contribution in [3.8, 4) is 0 Å². The van der Waals surface area contributed by atoms with Crippen molar-refractivity contribution >= 4 is 48.1 Å². The van der Waals surface area contributed by atoms with Crippen molar-refractivity contribution in [2.24, 2.45) is 5.92 Å². The number of carbonyl (C=O) groups is 1. The Balaban J connectivity index is 0.00000153. The zero-order valence-electron chi connectivity index (χ0n) is 18.7. The van der Waals surface area contributed by atoms with Gasteiger partial charge in [-0.15, -0.1) is 24.8 Å². The summed E-state index contributed by atoms with van der Waals surface area (Å²) in [7, 11) is 0. The number of rotatable bonds is 7. The highest BCUT2D eigenvalue weighted by atomic mass is 35.5. The van der Waals surface area contributed by atoms with Gasteiger partial charge in [0.25, 0.3) is 0 Å². The molecule has 178 valence electrons. The number of pyridine rings is 1. The van der Waals surface area contributed by atoms with Gasteiger partial charge in [0.2, 0.25) is 5.91 Å². The fourth-order valence-corrected chi connectivity index (χ4v) is 5.96. The molecule has 0 radical (unpaired) electrons. The molecule has 1 atom stereocenters. The van der Waals surface area contributed by atoms with Crippen LogP contribution in [0.25, 0.3) is 5.65 Å². The molecule has 1 fully saturated rings. The molecule has 0 aliphatic carbocycles. The molecule has 1 aromatic carbocycles. The van der Waals surface area contributed by atoms with E-state index in [1.54, 1.807) is 11.8 Å². The summed E-state index contributed by atoms with van der Waals surface area (Å²) in [5, 5.41) is 4.30. The minimum absolute atomic E-state index is 0. The van der Waals surface area contributed by atoms with E-state index in [2.05, 4.69) is 56.0 Å². The molecule has 2 aliphatic heterocycles. The highest BCUT2D eigenvalue weighted by molar-refractivity contribution is 8.00. The van der Waals surface area contributed by atoms with E-state index in [1.165, 1.54) is 31.4 Å². The van der Waals surface area contributed by atoms with E-state index in [0.717, 1.165) is 48.8 Å². The summed E-state index contributed by atoms with van der Waals surface area (Å²) >= 11 is 1.66. The smallest absolute Gasteiger partial charge is 0.233 e. The summed E-state index contributed by atoms with van der Waals surface area (Å²) in [5.41, 5.74) is 3.53. The third-order valence-corrected chi connectivity index (χ3v) is 7.80. The van der Waals surface area contributed by atoms with Gasteiger partial charge in [-0.1, -0.05) is 48.2 Å². The van der Waals surface area contributed by atoms with Crippen LogP contribution in [-0.4, -0.2) is 51.6 Å². The van der Waals surface area contributed by atoms with Crippen LogP contribution < -0.4 is 5.32 Å². The number of nitrogens with one attached hydrogen (secondary N) is 1. The maximum atomic E-state index is 12.9. The second kappa shape index (κ2) is 12.1. The second-order valence-electron chi connectivity index (χ2n) is 8.74. The molecule has 1 amide bonds. The topological polar surface area (TPSA) is 49.6 Å². The lowest BCUT2D eigenvalue weighted by Crippen LogP contribution is -2.42. The summed E-state index contributed by atoms with van der Waals surface area (Å²) in [6, 6.07) is 16.9. The number of aryl methyl sites for hydroxylation is 1. The largest absolute Gasteiger partial charge is 0.355 e. The molecule has 2 aromatic heterocycles. The first-order valence-electron chi connectivity index (χ1n) is 11.4. The van der Waals surface area contributed by atoms with E-state index in [9.17, 15) is 4.79 Å². The number of likely N-dealkylation sites (tertiary alicyclic amines) is 1. The quantitative estimate of drug-likeness (QED) is 0.506. The third-order valence-electron chi connectivity index (χ3n) is 6.57. The average Bonchev–Trinajstić information content (AvgIpc) is 3.23. The molecule has 1 saturated heterocycles. The Bertz CT molecular complexity index is 1040. The lowest BCUT2D eigenvalue weighted by molar-refractivity contribution is -0.120. The Morgan fingerprint density at radius 3 is 2.64 bits per heavy atom. The van der Waals surface area contributed by atoms with E-state index < -0.39 is 0 Å². The van der Waals surface area contributed by atoms with Crippen molar-refractivity contribution in [1.29, 1.82) is 0 Å². The summed E-state index contributed by atoms with van der Waals surface area (Å²) in [5.74, 6) is 0.761. The zero-order valence-corrected chi connectivity index (χ0v) is 21.1. The first kappa shape index (κ1) is 25.9. The zero-order chi connectivity index (χ0) is 21.0. The maximum absolute atomic E-state index is 12.9. The Morgan fingerprint density at radius 2 is 1.85 bits per heavy atom. The molecule has 1 unspecified atom stereocenters. The van der Waals surface area contributed by atoms with Gasteiger partial charge in [-0.2, -0.15) is 0 Å². The van der Waals surface area contributed by atoms with Crippen LogP contribution in [-0.2, 0) is 17.6 Å². The molecule has 3 aromatic rings. The fourth-order valence-electron chi connectivity index (χ4n) is 4.75. The van der Waals surface area contributed by atoms with Crippen molar-refractivity contribution in [2.75, 3.05) is 26.2 Å². The normalized spacial score (nSPS) is 18.4. The molecule has 0 saturated carbocycles. The number of amides is 1. The third kappa shape index (κ3) is 6.24. The number of aromatic nitrogens is 2. The number of nitrogens with zero attached hydrogens (tertiary/aromatic N) is 3. The number of piperidine rings is 1. The van der Waals surface area contributed by atoms with Crippen molar-refractivity contribution in [3.63, 3.8) is 0 Å². The van der Waals surface area contributed by atoms with Gasteiger partial charge in [0.1, 0.15) is 5.65 Å². The standard InChI is InChI=1S/C25H30N4OS.2ClH/c30-25(22-16-21-18-26-23-9-4-10-24(31-22)29(21)23)27-17-20-11-14-28(15-12-20)13-5-8-19-6-2-1-3-7-19;;/h1-4,6-7,9-10,18,20,22H,5,8,11-17H2,(H,27,30);2*1H. The Labute approximate surface area is 212 Å². The van der Waals surface area contributed by atoms with Crippen LogP contribution in [0.5, 0.6) is 0 Å². The van der Waals surface area contributed by atoms with Gasteiger partial charge in [-0.3, -0.25) is 9.20 Å². The molecular formula is C25H32Cl2N4OS. The van der Waals surface area contributed by atoms with E-state index >= 15 is 0 Å². The van der Waals surface area contributed by atoms with Crippen LogP contribution >= 0.6 is 36.6 Å². The summed E-state index contributed by atoms with van der Waals surface area (Å²) < 4.78 is 2.17. The average molecular weight is 508 g/mol. The van der Waals surface area contributed by atoms with Crippen LogP contribution in [0, 0.1) is 5.92 Å². The van der Waals surface area contributed by atoms with Gasteiger partial charge >= 0.3 is 0 Å². The predicted octanol–water partition coefficient (Wildman–Crippen LogP) is 4.66. The number of imidazole rings is 1. The van der Waals surface area contributed by atoms with Crippen LogP contribution in [0.2, 0.25) is 0 Å². The van der Waals surface area contributed by atoms with Gasteiger partial charge in [0.05, 0.1) is 10.3 Å². The molecular weight excluding hydrogens is 475 g/mol. The van der Waals surface area contributed by atoms with Crippen molar-refractivity contribution < 1.29 is 4.79 Å². The van der Waals surface area contributed by atoms with Gasteiger partial charge in [0, 0.05) is 24.9 Å². The van der Waals surface area contributed by atoms with Crippen LogP contribution in [0.15, 0.2) is 59.8 Å². The van der Waals surface area contributed by atoms with Crippen molar-refractivity contribution in [2.45, 2.75) is 42.4 Å². The molecule has 5 rings (SSSR count). The van der Waals surface area contributed by atoms with E-state index in [-0.39, 0.29) is 36.0 Å². The fraction of sp³-hybridized carbons (Fsp3) is 0.440. The van der Waals surface area contributed by atoms with Gasteiger partial charge < -0.3 is 10.2 Å². The van der Waals surface area contributed by atoms with E-state index in [4.69, 9.17) is 0 Å². The first-order chi connectivity index (χ1) is 15.3. The minimum atomic E-state index is -0.0622. The highest BCUT2D eigenvalue weighted by Crippen LogP contribution is 2.32. The minimum Gasteiger partial charge on any atom is -0.355 e. The van der Waals surface area contributed by atoms with Gasteiger partial charge in [0.15, 0.2) is 0 Å². The van der Waals surface area contributed by atoms with Crippen molar-refractivity contribution in [1.82, 2.24) is 19.6 Å². The molecule has 2 aliphatic rings. The molecule has 5 nitrogen and oxygen atoms in total. The molecule has 33 heavy (non-hydrogen) atoms. The Hall–Kier alpha value is -1.73. The maximum Gasteiger partial charge on any atom is 0.233 e. The molecule has 1 N–H and O–H groups in total. The SMILES string of the molecule is Cl.Cl.O=C(NCC1CCN(CCCc2ccccc2)CC1)C1Cc2cnc3cccc(n23)S1. The van der Waals surface area contributed by atoms with Crippen LogP contribution in [0.4, 0.5) is 0 Å². The van der Waals surface area contributed by atoms with Crippen LogP contribution in [0.1, 0.15) is 30.5 Å².